The Morgan fingerprint density at radius 2 is 1.38 bits per heavy atom. The lowest BCUT2D eigenvalue weighted by Gasteiger charge is -2.21. The summed E-state index contributed by atoms with van der Waals surface area (Å²) in [5.41, 5.74) is 2.07. The van der Waals surface area contributed by atoms with Gasteiger partial charge in [-0.1, -0.05) is 67.6 Å². The van der Waals surface area contributed by atoms with Crippen molar-refractivity contribution >= 4 is 11.8 Å². The molecule has 3 N–H and O–H groups in total. The first-order chi connectivity index (χ1) is 12.6. The van der Waals surface area contributed by atoms with Crippen molar-refractivity contribution in [1.29, 1.82) is 0 Å². The van der Waals surface area contributed by atoms with E-state index in [0.29, 0.717) is 6.54 Å². The van der Waals surface area contributed by atoms with Gasteiger partial charge in [0.05, 0.1) is 13.1 Å². The van der Waals surface area contributed by atoms with Crippen LogP contribution in [0.15, 0.2) is 60.7 Å². The Morgan fingerprint density at radius 1 is 0.885 bits per heavy atom. The number of rotatable bonds is 9. The minimum Gasteiger partial charge on any atom is -0.351 e. The molecule has 2 aromatic rings. The Labute approximate surface area is 155 Å². The number of amides is 2. The highest BCUT2D eigenvalue weighted by atomic mass is 16.2. The Morgan fingerprint density at radius 3 is 1.88 bits per heavy atom. The third-order valence-corrected chi connectivity index (χ3v) is 4.07. The molecule has 0 bridgehead atoms. The molecular formula is C21H28N3O2+. The van der Waals surface area contributed by atoms with E-state index in [1.165, 1.54) is 0 Å². The van der Waals surface area contributed by atoms with Crippen molar-refractivity contribution in [2.45, 2.75) is 19.4 Å². The first kappa shape index (κ1) is 19.7. The predicted molar refractivity (Wildman–Crippen MR) is 103 cm³/mol. The van der Waals surface area contributed by atoms with Crippen LogP contribution in [0.2, 0.25) is 0 Å². The predicted octanol–water partition coefficient (Wildman–Crippen LogP) is 0.933. The number of carbonyl (C=O) groups excluding carboxylic acids is 2. The molecular weight excluding hydrogens is 326 g/mol. The number of nitrogens with one attached hydrogen (secondary N) is 3. The highest BCUT2D eigenvalue weighted by molar-refractivity contribution is 5.79. The van der Waals surface area contributed by atoms with Crippen LogP contribution in [-0.2, 0) is 9.59 Å². The summed E-state index contributed by atoms with van der Waals surface area (Å²) in [5.74, 6) is -0.108. The average Bonchev–Trinajstić information content (AvgIpc) is 2.65. The highest BCUT2D eigenvalue weighted by Gasteiger charge is 2.19. The Kier molecular flexibility index (Phi) is 7.83. The zero-order valence-electron chi connectivity index (χ0n) is 15.5. The van der Waals surface area contributed by atoms with Gasteiger partial charge in [-0.15, -0.1) is 0 Å². The lowest BCUT2D eigenvalue weighted by Crippen LogP contribution is -3.11. The fraction of sp³-hybridized carbons (Fsp3) is 0.333. The van der Waals surface area contributed by atoms with E-state index < -0.39 is 0 Å². The van der Waals surface area contributed by atoms with E-state index in [2.05, 4.69) is 10.6 Å². The van der Waals surface area contributed by atoms with Crippen LogP contribution in [0.1, 0.15) is 30.5 Å². The highest BCUT2D eigenvalue weighted by Crippen LogP contribution is 2.21. The largest absolute Gasteiger partial charge is 0.351 e. The molecule has 1 atom stereocenters. The fourth-order valence-corrected chi connectivity index (χ4v) is 2.80. The lowest BCUT2D eigenvalue weighted by atomic mass is 9.99. The summed E-state index contributed by atoms with van der Waals surface area (Å²) < 4.78 is 0. The van der Waals surface area contributed by atoms with Gasteiger partial charge in [-0.2, -0.15) is 0 Å². The van der Waals surface area contributed by atoms with Gasteiger partial charge < -0.3 is 15.5 Å². The van der Waals surface area contributed by atoms with Gasteiger partial charge in [0, 0.05) is 6.54 Å². The summed E-state index contributed by atoms with van der Waals surface area (Å²) in [6.07, 6.45) is 0.904. The molecule has 0 aliphatic heterocycles. The summed E-state index contributed by atoms with van der Waals surface area (Å²) in [5, 5.41) is 5.94. The molecule has 0 fully saturated rings. The zero-order valence-corrected chi connectivity index (χ0v) is 15.5. The minimum absolute atomic E-state index is 0.0279. The minimum atomic E-state index is -0.202. The second-order valence-electron chi connectivity index (χ2n) is 6.48. The van der Waals surface area contributed by atoms with Crippen molar-refractivity contribution in [3.63, 3.8) is 0 Å². The topological polar surface area (TPSA) is 62.6 Å². The van der Waals surface area contributed by atoms with E-state index >= 15 is 0 Å². The van der Waals surface area contributed by atoms with Gasteiger partial charge in [-0.05, 0) is 17.5 Å². The second kappa shape index (κ2) is 10.4. The first-order valence-electron chi connectivity index (χ1n) is 9.07. The quantitative estimate of drug-likeness (QED) is 0.627. The summed E-state index contributed by atoms with van der Waals surface area (Å²) in [6, 6.07) is 19.6. The van der Waals surface area contributed by atoms with Gasteiger partial charge in [0.25, 0.3) is 11.8 Å². The molecule has 0 saturated heterocycles. The zero-order chi connectivity index (χ0) is 18.8. The van der Waals surface area contributed by atoms with Crippen LogP contribution in [0.5, 0.6) is 0 Å². The molecule has 2 rings (SSSR count). The number of hydrogen-bond acceptors (Lipinski definition) is 2. The molecule has 0 spiro atoms. The van der Waals surface area contributed by atoms with Crippen LogP contribution in [-0.4, -0.2) is 38.5 Å². The van der Waals surface area contributed by atoms with Gasteiger partial charge in [-0.3, -0.25) is 9.59 Å². The average molecular weight is 354 g/mol. The third kappa shape index (κ3) is 6.33. The maximum absolute atomic E-state index is 12.5. The van der Waals surface area contributed by atoms with E-state index in [-0.39, 0.29) is 30.9 Å². The summed E-state index contributed by atoms with van der Waals surface area (Å²) in [4.78, 5) is 25.2. The van der Waals surface area contributed by atoms with Gasteiger partial charge in [0.2, 0.25) is 0 Å². The molecule has 138 valence electrons. The summed E-state index contributed by atoms with van der Waals surface area (Å²) >= 11 is 0. The second-order valence-corrected chi connectivity index (χ2v) is 6.48. The summed E-state index contributed by atoms with van der Waals surface area (Å²) in [6.45, 7) is 3.21. The molecule has 0 radical (unpaired) electrons. The summed E-state index contributed by atoms with van der Waals surface area (Å²) in [7, 11) is 1.85. The van der Waals surface area contributed by atoms with E-state index in [1.807, 2.05) is 74.6 Å². The molecule has 2 amide bonds. The van der Waals surface area contributed by atoms with Crippen molar-refractivity contribution in [3.05, 3.63) is 71.8 Å². The molecule has 0 aliphatic carbocycles. The SMILES string of the molecule is CCCNC(=O)C[NH+](C)CC(=O)NC(c1ccccc1)c1ccccc1. The van der Waals surface area contributed by atoms with E-state index in [1.54, 1.807) is 0 Å². The standard InChI is InChI=1S/C21H27N3O2/c1-3-14-22-19(25)15-24(2)16-20(26)23-21(17-10-6-4-7-11-17)18-12-8-5-9-13-18/h4-13,21H,3,14-16H2,1-2H3,(H,22,25)(H,23,26)/p+1. The molecule has 0 heterocycles. The van der Waals surface area contributed by atoms with Crippen LogP contribution in [0.3, 0.4) is 0 Å². The van der Waals surface area contributed by atoms with Gasteiger partial charge in [-0.25, -0.2) is 0 Å². The maximum Gasteiger partial charge on any atom is 0.275 e. The number of benzene rings is 2. The molecule has 1 unspecified atom stereocenters. The van der Waals surface area contributed by atoms with Crippen LogP contribution >= 0.6 is 0 Å². The number of likely N-dealkylation sites (N-methyl/N-ethyl adjacent to an activating group) is 1. The normalized spacial score (nSPS) is 11.8. The Balaban J connectivity index is 2.00. The van der Waals surface area contributed by atoms with Crippen molar-refractivity contribution in [2.24, 2.45) is 0 Å². The van der Waals surface area contributed by atoms with Crippen LogP contribution in [0, 0.1) is 0 Å². The van der Waals surface area contributed by atoms with Crippen LogP contribution in [0.4, 0.5) is 0 Å². The maximum atomic E-state index is 12.5. The molecule has 0 aliphatic rings. The van der Waals surface area contributed by atoms with E-state index in [4.69, 9.17) is 0 Å². The number of hydrogen-bond donors (Lipinski definition) is 3. The molecule has 0 saturated carbocycles. The molecule has 26 heavy (non-hydrogen) atoms. The van der Waals surface area contributed by atoms with Crippen molar-refractivity contribution < 1.29 is 14.5 Å². The van der Waals surface area contributed by atoms with Gasteiger partial charge >= 0.3 is 0 Å². The fourth-order valence-electron chi connectivity index (χ4n) is 2.80. The molecule has 0 aromatic heterocycles. The lowest BCUT2D eigenvalue weighted by molar-refractivity contribution is -0.862. The first-order valence-corrected chi connectivity index (χ1v) is 9.07. The molecule has 5 nitrogen and oxygen atoms in total. The smallest absolute Gasteiger partial charge is 0.275 e. The van der Waals surface area contributed by atoms with Crippen LogP contribution in [0.25, 0.3) is 0 Å². The van der Waals surface area contributed by atoms with Gasteiger partial charge in [0.15, 0.2) is 13.1 Å². The Bertz CT molecular complexity index is 649. The molecule has 5 heteroatoms. The molecule has 2 aromatic carbocycles. The Hall–Kier alpha value is -2.66. The number of carbonyl (C=O) groups is 2. The van der Waals surface area contributed by atoms with Gasteiger partial charge in [0.1, 0.15) is 0 Å². The van der Waals surface area contributed by atoms with Crippen molar-refractivity contribution in [2.75, 3.05) is 26.7 Å². The monoisotopic (exact) mass is 354 g/mol. The van der Waals surface area contributed by atoms with Crippen LogP contribution < -0.4 is 15.5 Å². The van der Waals surface area contributed by atoms with E-state index in [0.717, 1.165) is 22.4 Å². The van der Waals surface area contributed by atoms with Crippen molar-refractivity contribution in [3.8, 4) is 0 Å². The van der Waals surface area contributed by atoms with E-state index in [9.17, 15) is 9.59 Å². The number of quaternary nitrogens is 1. The third-order valence-electron chi connectivity index (χ3n) is 4.07. The van der Waals surface area contributed by atoms with Crippen molar-refractivity contribution in [1.82, 2.24) is 10.6 Å².